The summed E-state index contributed by atoms with van der Waals surface area (Å²) in [6.07, 6.45) is 0. The van der Waals surface area contributed by atoms with Gasteiger partial charge in [0.25, 0.3) is 0 Å². The fourth-order valence-corrected chi connectivity index (χ4v) is 7.48. The third kappa shape index (κ3) is 2.74. The van der Waals surface area contributed by atoms with Crippen LogP contribution in [-0.2, 0) is 0 Å². The number of benzene rings is 1. The lowest BCUT2D eigenvalue weighted by Crippen LogP contribution is -2.61. The molecule has 0 atom stereocenters. The highest BCUT2D eigenvalue weighted by atomic mass is 28.4. The minimum absolute atomic E-state index is 0.226. The molecule has 0 aliphatic heterocycles. The van der Waals surface area contributed by atoms with Gasteiger partial charge in [-0.25, -0.2) is 4.79 Å². The van der Waals surface area contributed by atoms with Crippen molar-refractivity contribution >= 4 is 19.5 Å². The van der Waals surface area contributed by atoms with Gasteiger partial charge in [0.1, 0.15) is 0 Å². The minimum Gasteiger partial charge on any atom is -0.478 e. The van der Waals surface area contributed by atoms with Crippen LogP contribution in [0.2, 0.25) is 10.1 Å². The molecule has 2 N–H and O–H groups in total. The lowest BCUT2D eigenvalue weighted by Gasteiger charge is -2.47. The second-order valence-corrected chi connectivity index (χ2v) is 12.1. The molecule has 3 nitrogen and oxygen atoms in total. The van der Waals surface area contributed by atoms with E-state index in [2.05, 4.69) is 41.5 Å². The zero-order valence-electron chi connectivity index (χ0n) is 12.6. The third-order valence-electron chi connectivity index (χ3n) is 3.72. The van der Waals surface area contributed by atoms with E-state index in [0.29, 0.717) is 0 Å². The average Bonchev–Trinajstić information content (AvgIpc) is 2.25. The smallest absolute Gasteiger partial charge is 0.335 e. The fourth-order valence-electron chi connectivity index (χ4n) is 2.85. The molecule has 0 radical (unpaired) electrons. The van der Waals surface area contributed by atoms with E-state index in [1.807, 2.05) is 0 Å². The van der Waals surface area contributed by atoms with Crippen LogP contribution in [0, 0.1) is 0 Å². The van der Waals surface area contributed by atoms with E-state index in [4.69, 9.17) is 5.11 Å². The monoisotopic (exact) mass is 280 g/mol. The van der Waals surface area contributed by atoms with E-state index < -0.39 is 14.3 Å². The zero-order valence-corrected chi connectivity index (χ0v) is 13.6. The quantitative estimate of drug-likeness (QED) is 0.818. The molecule has 0 amide bonds. The van der Waals surface area contributed by atoms with Crippen molar-refractivity contribution in [3.63, 3.8) is 0 Å². The molecule has 1 aromatic rings. The van der Waals surface area contributed by atoms with Gasteiger partial charge in [0.05, 0.1) is 5.56 Å². The van der Waals surface area contributed by atoms with Gasteiger partial charge in [-0.1, -0.05) is 53.7 Å². The van der Waals surface area contributed by atoms with Gasteiger partial charge in [0.2, 0.25) is 8.32 Å². The topological polar surface area (TPSA) is 57.5 Å². The molecule has 106 valence electrons. The molecule has 1 rings (SSSR count). The molecule has 0 spiro atoms. The van der Waals surface area contributed by atoms with Gasteiger partial charge in [-0.3, -0.25) is 0 Å². The Bertz CT molecular complexity index is 450. The Labute approximate surface area is 116 Å². The Balaban J connectivity index is 3.40. The van der Waals surface area contributed by atoms with Gasteiger partial charge in [-0.2, -0.15) is 0 Å². The van der Waals surface area contributed by atoms with E-state index in [1.165, 1.54) is 0 Å². The Morgan fingerprint density at radius 1 is 0.947 bits per heavy atom. The zero-order chi connectivity index (χ0) is 15.1. The molecular weight excluding hydrogens is 256 g/mol. The molecular formula is C15H24O3Si. The van der Waals surface area contributed by atoms with Crippen LogP contribution in [-0.4, -0.2) is 24.2 Å². The Morgan fingerprint density at radius 2 is 1.32 bits per heavy atom. The van der Waals surface area contributed by atoms with E-state index >= 15 is 0 Å². The number of hydrogen-bond acceptors (Lipinski definition) is 2. The number of carboxylic acids is 1. The van der Waals surface area contributed by atoms with Crippen molar-refractivity contribution in [3.05, 3.63) is 29.8 Å². The molecule has 1 aromatic carbocycles. The normalized spacial score (nSPS) is 13.4. The highest BCUT2D eigenvalue weighted by Gasteiger charge is 2.53. The summed E-state index contributed by atoms with van der Waals surface area (Å²) in [5.41, 5.74) is 0.253. The average molecular weight is 280 g/mol. The number of aromatic carboxylic acids is 1. The highest BCUT2D eigenvalue weighted by molar-refractivity contribution is 6.90. The maximum Gasteiger partial charge on any atom is 0.335 e. The predicted octanol–water partition coefficient (Wildman–Crippen LogP) is 3.13. The first-order valence-corrected chi connectivity index (χ1v) is 8.42. The van der Waals surface area contributed by atoms with Gasteiger partial charge in [-0.15, -0.1) is 0 Å². The van der Waals surface area contributed by atoms with Gasteiger partial charge in [0, 0.05) is 0 Å². The molecule has 0 aliphatic rings. The van der Waals surface area contributed by atoms with Crippen LogP contribution in [0.4, 0.5) is 0 Å². The summed E-state index contributed by atoms with van der Waals surface area (Å²) < 4.78 is 0. The number of hydrogen-bond donors (Lipinski definition) is 2. The Hall–Kier alpha value is -1.13. The molecule has 0 unspecified atom stereocenters. The van der Waals surface area contributed by atoms with Crippen LogP contribution in [0.25, 0.3) is 0 Å². The largest absolute Gasteiger partial charge is 0.478 e. The van der Waals surface area contributed by atoms with Crippen LogP contribution < -0.4 is 5.19 Å². The molecule has 0 fully saturated rings. The Kier molecular flexibility index (Phi) is 3.99. The van der Waals surface area contributed by atoms with Gasteiger partial charge < -0.3 is 9.90 Å². The second kappa shape index (κ2) is 4.76. The van der Waals surface area contributed by atoms with Gasteiger partial charge >= 0.3 is 5.97 Å². The standard InChI is InChI=1S/C15H24O3Si/c1-14(2,3)19(18,15(4,5)6)12-9-7-11(8-10-12)13(16)17/h7-10,18H,1-6H3,(H,16,17). The maximum atomic E-state index is 11.4. The van der Waals surface area contributed by atoms with Gasteiger partial charge in [0.15, 0.2) is 0 Å². The van der Waals surface area contributed by atoms with Crippen molar-refractivity contribution in [3.8, 4) is 0 Å². The van der Waals surface area contributed by atoms with E-state index in [-0.39, 0.29) is 15.6 Å². The number of rotatable bonds is 2. The fraction of sp³-hybridized carbons (Fsp3) is 0.533. The molecule has 4 heteroatoms. The summed E-state index contributed by atoms with van der Waals surface area (Å²) in [5.74, 6) is -0.941. The highest BCUT2D eigenvalue weighted by Crippen LogP contribution is 2.48. The van der Waals surface area contributed by atoms with Crippen LogP contribution >= 0.6 is 0 Å². The second-order valence-electron chi connectivity index (χ2n) is 7.09. The van der Waals surface area contributed by atoms with E-state index in [1.54, 1.807) is 24.3 Å². The first kappa shape index (κ1) is 15.9. The summed E-state index contributed by atoms with van der Waals surface area (Å²) in [7, 11) is -2.78. The van der Waals surface area contributed by atoms with Crippen molar-refractivity contribution in [1.82, 2.24) is 0 Å². The third-order valence-corrected chi connectivity index (χ3v) is 9.23. The van der Waals surface area contributed by atoms with Crippen LogP contribution in [0.1, 0.15) is 51.9 Å². The van der Waals surface area contributed by atoms with E-state index in [9.17, 15) is 9.59 Å². The summed E-state index contributed by atoms with van der Waals surface area (Å²) in [4.78, 5) is 22.3. The molecule has 0 aliphatic carbocycles. The van der Waals surface area contributed by atoms with Crippen molar-refractivity contribution in [2.75, 3.05) is 0 Å². The molecule has 0 heterocycles. The number of carbonyl (C=O) groups is 1. The predicted molar refractivity (Wildman–Crippen MR) is 80.4 cm³/mol. The summed E-state index contributed by atoms with van der Waals surface area (Å²) in [5, 5.41) is 9.38. The Morgan fingerprint density at radius 3 is 1.58 bits per heavy atom. The SMILES string of the molecule is CC(C)(C)[Si](O)(c1ccc(C(=O)O)cc1)C(C)(C)C. The van der Waals surface area contributed by atoms with Crippen molar-refractivity contribution < 1.29 is 14.7 Å². The minimum atomic E-state index is -2.78. The van der Waals surface area contributed by atoms with Crippen molar-refractivity contribution in [1.29, 1.82) is 0 Å². The van der Waals surface area contributed by atoms with Crippen molar-refractivity contribution in [2.45, 2.75) is 51.6 Å². The number of carboxylic acid groups (broad SMARTS) is 1. The molecule has 19 heavy (non-hydrogen) atoms. The molecule has 0 aromatic heterocycles. The van der Waals surface area contributed by atoms with Crippen molar-refractivity contribution in [2.24, 2.45) is 0 Å². The lowest BCUT2D eigenvalue weighted by molar-refractivity contribution is 0.0697. The first-order valence-electron chi connectivity index (χ1n) is 6.47. The summed E-state index contributed by atoms with van der Waals surface area (Å²) >= 11 is 0. The maximum absolute atomic E-state index is 11.4. The lowest BCUT2D eigenvalue weighted by atomic mass is 10.2. The molecule has 0 saturated heterocycles. The first-order chi connectivity index (χ1) is 8.41. The van der Waals surface area contributed by atoms with E-state index in [0.717, 1.165) is 5.19 Å². The van der Waals surface area contributed by atoms with Crippen LogP contribution in [0.3, 0.4) is 0 Å². The molecule has 0 saturated carbocycles. The summed E-state index contributed by atoms with van der Waals surface area (Å²) in [6.45, 7) is 12.3. The van der Waals surface area contributed by atoms with Crippen LogP contribution in [0.5, 0.6) is 0 Å². The molecule has 0 bridgehead atoms. The summed E-state index contributed by atoms with van der Waals surface area (Å²) in [6, 6.07) is 6.69. The van der Waals surface area contributed by atoms with Crippen LogP contribution in [0.15, 0.2) is 24.3 Å². The van der Waals surface area contributed by atoms with Gasteiger partial charge in [-0.05, 0) is 27.4 Å².